The van der Waals surface area contributed by atoms with E-state index in [0.717, 1.165) is 16.9 Å². The lowest BCUT2D eigenvalue weighted by Crippen LogP contribution is -2.44. The van der Waals surface area contributed by atoms with E-state index in [2.05, 4.69) is 15.6 Å². The highest BCUT2D eigenvalue weighted by Gasteiger charge is 2.26. The molecule has 7 nitrogen and oxygen atoms in total. The fourth-order valence-corrected chi connectivity index (χ4v) is 3.43. The highest BCUT2D eigenvalue weighted by Crippen LogP contribution is 2.24. The zero-order valence-electron chi connectivity index (χ0n) is 14.0. The molecule has 2 amide bonds. The Hall–Kier alpha value is -2.28. The molecule has 1 aliphatic carbocycles. The molecule has 0 unspecified atom stereocenters. The summed E-state index contributed by atoms with van der Waals surface area (Å²) in [4.78, 5) is 27.5. The fraction of sp³-hybridized carbons (Fsp3) is 0.471. The third kappa shape index (κ3) is 4.04. The second-order valence-corrected chi connectivity index (χ2v) is 6.87. The molecule has 0 radical (unpaired) electrons. The van der Waals surface area contributed by atoms with Crippen molar-refractivity contribution in [2.24, 2.45) is 13.0 Å². The summed E-state index contributed by atoms with van der Waals surface area (Å²) < 4.78 is 1.92. The van der Waals surface area contributed by atoms with Crippen molar-refractivity contribution in [3.63, 3.8) is 0 Å². The van der Waals surface area contributed by atoms with Crippen molar-refractivity contribution in [3.05, 3.63) is 29.0 Å². The van der Waals surface area contributed by atoms with Crippen LogP contribution in [-0.4, -0.2) is 32.7 Å². The zero-order chi connectivity index (χ0) is 18.0. The van der Waals surface area contributed by atoms with E-state index in [4.69, 9.17) is 16.7 Å². The number of carboxylic acids is 1. The van der Waals surface area contributed by atoms with Gasteiger partial charge in [-0.05, 0) is 43.9 Å². The highest BCUT2D eigenvalue weighted by atomic mass is 35.5. The standard InChI is InChI=1S/C17H21ClN4O3/c1-22-14-7-4-11(18)8-13(14)21-15(22)9-19-17(25)20-12-5-2-10(3-6-12)16(23)24/h4,7-8,10,12H,2-3,5-6,9H2,1H3,(H,23,24)(H2,19,20,25). The molecule has 0 atom stereocenters. The number of urea groups is 1. The first kappa shape index (κ1) is 17.5. The number of carbonyl (C=O) groups is 2. The smallest absolute Gasteiger partial charge is 0.315 e. The lowest BCUT2D eigenvalue weighted by atomic mass is 9.86. The third-order valence-electron chi connectivity index (χ3n) is 4.75. The second kappa shape index (κ2) is 7.31. The first-order valence-corrected chi connectivity index (χ1v) is 8.70. The van der Waals surface area contributed by atoms with Gasteiger partial charge < -0.3 is 20.3 Å². The molecule has 134 valence electrons. The van der Waals surface area contributed by atoms with Gasteiger partial charge in [-0.3, -0.25) is 4.79 Å². The molecule has 3 N–H and O–H groups in total. The Morgan fingerprint density at radius 1 is 1.32 bits per heavy atom. The Labute approximate surface area is 150 Å². The Morgan fingerprint density at radius 2 is 2.04 bits per heavy atom. The number of amides is 2. The van der Waals surface area contributed by atoms with Crippen LogP contribution >= 0.6 is 11.6 Å². The number of aromatic nitrogens is 2. The number of rotatable bonds is 4. The molecule has 0 bridgehead atoms. The lowest BCUT2D eigenvalue weighted by molar-refractivity contribution is -0.142. The minimum absolute atomic E-state index is 0.0230. The van der Waals surface area contributed by atoms with Crippen molar-refractivity contribution < 1.29 is 14.7 Å². The molecule has 0 saturated heterocycles. The van der Waals surface area contributed by atoms with Crippen LogP contribution in [0.5, 0.6) is 0 Å². The number of halogens is 1. The van der Waals surface area contributed by atoms with Crippen molar-refractivity contribution in [2.75, 3.05) is 0 Å². The molecule has 1 aromatic carbocycles. The van der Waals surface area contributed by atoms with Crippen LogP contribution in [0.4, 0.5) is 4.79 Å². The molecule has 1 aromatic heterocycles. The van der Waals surface area contributed by atoms with Crippen LogP contribution < -0.4 is 10.6 Å². The number of fused-ring (bicyclic) bond motifs is 1. The summed E-state index contributed by atoms with van der Waals surface area (Å²) in [5.74, 6) is -0.292. The molecule has 1 fully saturated rings. The van der Waals surface area contributed by atoms with Crippen LogP contribution in [0.2, 0.25) is 5.02 Å². The van der Waals surface area contributed by atoms with E-state index in [0.29, 0.717) is 37.3 Å². The Balaban J connectivity index is 1.53. The third-order valence-corrected chi connectivity index (χ3v) is 4.99. The number of nitrogens with zero attached hydrogens (tertiary/aromatic N) is 2. The first-order chi connectivity index (χ1) is 11.9. The van der Waals surface area contributed by atoms with Gasteiger partial charge >= 0.3 is 12.0 Å². The van der Waals surface area contributed by atoms with Gasteiger partial charge in [0.1, 0.15) is 5.82 Å². The van der Waals surface area contributed by atoms with E-state index >= 15 is 0 Å². The molecule has 1 heterocycles. The van der Waals surface area contributed by atoms with E-state index in [1.807, 2.05) is 23.7 Å². The van der Waals surface area contributed by atoms with E-state index in [1.54, 1.807) is 6.07 Å². The molecular formula is C17H21ClN4O3. The molecule has 0 spiro atoms. The molecule has 8 heteroatoms. The SMILES string of the molecule is Cn1c(CNC(=O)NC2CCC(C(=O)O)CC2)nc2cc(Cl)ccc21. The molecule has 1 saturated carbocycles. The summed E-state index contributed by atoms with van der Waals surface area (Å²) in [6.45, 7) is 0.305. The van der Waals surface area contributed by atoms with Gasteiger partial charge in [-0.1, -0.05) is 11.6 Å². The number of nitrogens with one attached hydrogen (secondary N) is 2. The number of aliphatic carboxylic acids is 1. The molecule has 0 aliphatic heterocycles. The molecule has 3 rings (SSSR count). The van der Waals surface area contributed by atoms with Crippen LogP contribution in [0.3, 0.4) is 0 Å². The Bertz CT molecular complexity index is 797. The largest absolute Gasteiger partial charge is 0.481 e. The maximum Gasteiger partial charge on any atom is 0.315 e. The average molecular weight is 365 g/mol. The van der Waals surface area contributed by atoms with Gasteiger partial charge in [-0.2, -0.15) is 0 Å². The van der Waals surface area contributed by atoms with Crippen LogP contribution in [0.15, 0.2) is 18.2 Å². The van der Waals surface area contributed by atoms with Crippen molar-refractivity contribution >= 4 is 34.6 Å². The molecule has 1 aliphatic rings. The maximum absolute atomic E-state index is 12.1. The van der Waals surface area contributed by atoms with Crippen LogP contribution in [0.25, 0.3) is 11.0 Å². The van der Waals surface area contributed by atoms with E-state index < -0.39 is 5.97 Å². The molecule has 25 heavy (non-hydrogen) atoms. The van der Waals surface area contributed by atoms with Gasteiger partial charge in [0.05, 0.1) is 23.5 Å². The van der Waals surface area contributed by atoms with Gasteiger partial charge in [0.15, 0.2) is 0 Å². The number of hydrogen-bond acceptors (Lipinski definition) is 3. The van der Waals surface area contributed by atoms with Crippen molar-refractivity contribution in [2.45, 2.75) is 38.3 Å². The number of carbonyl (C=O) groups excluding carboxylic acids is 1. The highest BCUT2D eigenvalue weighted by molar-refractivity contribution is 6.31. The summed E-state index contributed by atoms with van der Waals surface area (Å²) in [5.41, 5.74) is 1.74. The second-order valence-electron chi connectivity index (χ2n) is 6.43. The molecular weight excluding hydrogens is 344 g/mol. The van der Waals surface area contributed by atoms with Crippen molar-refractivity contribution in [1.29, 1.82) is 0 Å². The van der Waals surface area contributed by atoms with Gasteiger partial charge in [-0.25, -0.2) is 9.78 Å². The zero-order valence-corrected chi connectivity index (χ0v) is 14.7. The minimum Gasteiger partial charge on any atom is -0.481 e. The summed E-state index contributed by atoms with van der Waals surface area (Å²) in [5, 5.41) is 15.4. The van der Waals surface area contributed by atoms with Gasteiger partial charge in [0.2, 0.25) is 0 Å². The number of imidazole rings is 1. The first-order valence-electron chi connectivity index (χ1n) is 8.32. The van der Waals surface area contributed by atoms with Crippen LogP contribution in [0, 0.1) is 5.92 Å². The Kier molecular flexibility index (Phi) is 5.13. The fourth-order valence-electron chi connectivity index (χ4n) is 3.26. The average Bonchev–Trinajstić information content (AvgIpc) is 2.88. The van der Waals surface area contributed by atoms with Gasteiger partial charge in [0, 0.05) is 18.1 Å². The summed E-state index contributed by atoms with van der Waals surface area (Å²) >= 11 is 5.98. The number of aryl methyl sites for hydroxylation is 1. The van der Waals surface area contributed by atoms with Gasteiger partial charge in [-0.15, -0.1) is 0 Å². The summed E-state index contributed by atoms with van der Waals surface area (Å²) in [6, 6.07) is 5.26. The quantitative estimate of drug-likeness (QED) is 0.777. The number of carboxylic acid groups (broad SMARTS) is 1. The number of hydrogen-bond donors (Lipinski definition) is 3. The van der Waals surface area contributed by atoms with Crippen LogP contribution in [-0.2, 0) is 18.4 Å². The summed E-state index contributed by atoms with van der Waals surface area (Å²) in [6.07, 6.45) is 2.59. The van der Waals surface area contributed by atoms with Crippen molar-refractivity contribution in [1.82, 2.24) is 20.2 Å². The summed E-state index contributed by atoms with van der Waals surface area (Å²) in [7, 11) is 1.89. The predicted octanol–water partition coefficient (Wildman–Crippen LogP) is 2.67. The molecule has 2 aromatic rings. The minimum atomic E-state index is -0.746. The van der Waals surface area contributed by atoms with E-state index in [-0.39, 0.29) is 18.0 Å². The Morgan fingerprint density at radius 3 is 2.72 bits per heavy atom. The normalized spacial score (nSPS) is 20.4. The van der Waals surface area contributed by atoms with Gasteiger partial charge in [0.25, 0.3) is 0 Å². The topological polar surface area (TPSA) is 96.2 Å². The van der Waals surface area contributed by atoms with Crippen molar-refractivity contribution in [3.8, 4) is 0 Å². The monoisotopic (exact) mass is 364 g/mol. The predicted molar refractivity (Wildman–Crippen MR) is 94.5 cm³/mol. The van der Waals surface area contributed by atoms with E-state index in [9.17, 15) is 9.59 Å². The maximum atomic E-state index is 12.1. The number of benzene rings is 1. The van der Waals surface area contributed by atoms with E-state index in [1.165, 1.54) is 0 Å². The van der Waals surface area contributed by atoms with Crippen LogP contribution in [0.1, 0.15) is 31.5 Å². The lowest BCUT2D eigenvalue weighted by Gasteiger charge is -2.26.